The van der Waals surface area contributed by atoms with Gasteiger partial charge >= 0.3 is 0 Å². The van der Waals surface area contributed by atoms with Crippen molar-refractivity contribution >= 4 is 6.08 Å². The highest BCUT2D eigenvalue weighted by molar-refractivity contribution is 5.34. The number of carbonyl (C=O) groups excluding carboxylic acids is 1. The second-order valence-electron chi connectivity index (χ2n) is 2.40. The summed E-state index contributed by atoms with van der Waals surface area (Å²) in [4.78, 5) is 13.4. The molecule has 4 heteroatoms. The van der Waals surface area contributed by atoms with Crippen molar-refractivity contribution in [1.82, 2.24) is 5.32 Å². The van der Waals surface area contributed by atoms with Gasteiger partial charge in [0.05, 0.1) is 6.61 Å². The van der Waals surface area contributed by atoms with Gasteiger partial charge in [-0.05, 0) is 6.92 Å². The summed E-state index contributed by atoms with van der Waals surface area (Å²) in [6, 6.07) is 0. The van der Waals surface area contributed by atoms with Crippen molar-refractivity contribution in [3.8, 4) is 0 Å². The third-order valence-corrected chi connectivity index (χ3v) is 1.43. The predicted octanol–water partition coefficient (Wildman–Crippen LogP) is -0.342. The standard InChI is InChI=1S/C6H10N2O2/c1-6(8-5-9)4-7-2-3-10-6/h7H,2-4H2,1H3. The van der Waals surface area contributed by atoms with Crippen LogP contribution in [0.15, 0.2) is 4.99 Å². The van der Waals surface area contributed by atoms with Crippen molar-refractivity contribution in [2.45, 2.75) is 12.6 Å². The summed E-state index contributed by atoms with van der Waals surface area (Å²) in [6.07, 6.45) is 1.49. The maximum Gasteiger partial charge on any atom is 0.238 e. The van der Waals surface area contributed by atoms with Crippen LogP contribution in [0.2, 0.25) is 0 Å². The van der Waals surface area contributed by atoms with Gasteiger partial charge in [-0.2, -0.15) is 4.99 Å². The summed E-state index contributed by atoms with van der Waals surface area (Å²) in [5.74, 6) is 0. The molecule has 1 N–H and O–H groups in total. The fourth-order valence-corrected chi connectivity index (χ4v) is 0.883. The van der Waals surface area contributed by atoms with Crippen LogP contribution in [0.5, 0.6) is 0 Å². The predicted molar refractivity (Wildman–Crippen MR) is 35.3 cm³/mol. The molecule has 0 spiro atoms. The summed E-state index contributed by atoms with van der Waals surface area (Å²) in [7, 11) is 0. The highest BCUT2D eigenvalue weighted by Crippen LogP contribution is 2.12. The van der Waals surface area contributed by atoms with E-state index >= 15 is 0 Å². The van der Waals surface area contributed by atoms with Crippen LogP contribution in [-0.2, 0) is 9.53 Å². The summed E-state index contributed by atoms with van der Waals surface area (Å²) in [6.45, 7) is 3.76. The molecule has 0 aromatic carbocycles. The Morgan fingerprint density at radius 2 is 2.60 bits per heavy atom. The molecule has 0 bridgehead atoms. The van der Waals surface area contributed by atoms with Gasteiger partial charge in [-0.3, -0.25) is 0 Å². The summed E-state index contributed by atoms with van der Waals surface area (Å²) in [5, 5.41) is 3.06. The summed E-state index contributed by atoms with van der Waals surface area (Å²) < 4.78 is 5.21. The van der Waals surface area contributed by atoms with E-state index in [0.717, 1.165) is 6.54 Å². The van der Waals surface area contributed by atoms with Crippen molar-refractivity contribution in [3.63, 3.8) is 0 Å². The highest BCUT2D eigenvalue weighted by atomic mass is 16.5. The van der Waals surface area contributed by atoms with Crippen LogP contribution in [0, 0.1) is 0 Å². The van der Waals surface area contributed by atoms with E-state index in [-0.39, 0.29) is 0 Å². The van der Waals surface area contributed by atoms with Crippen LogP contribution in [-0.4, -0.2) is 31.5 Å². The van der Waals surface area contributed by atoms with Crippen molar-refractivity contribution < 1.29 is 9.53 Å². The van der Waals surface area contributed by atoms with Gasteiger partial charge in [-0.15, -0.1) is 0 Å². The van der Waals surface area contributed by atoms with E-state index in [1.54, 1.807) is 6.92 Å². The summed E-state index contributed by atoms with van der Waals surface area (Å²) >= 11 is 0. The molecule has 0 aromatic heterocycles. The minimum atomic E-state index is -0.681. The van der Waals surface area contributed by atoms with Crippen LogP contribution in [0.3, 0.4) is 0 Å². The number of nitrogens with zero attached hydrogens (tertiary/aromatic N) is 1. The lowest BCUT2D eigenvalue weighted by molar-refractivity contribution is -0.0454. The fourth-order valence-electron chi connectivity index (χ4n) is 0.883. The number of morpholine rings is 1. The molecule has 1 heterocycles. The van der Waals surface area contributed by atoms with Gasteiger partial charge in [0.25, 0.3) is 0 Å². The van der Waals surface area contributed by atoms with E-state index in [1.165, 1.54) is 6.08 Å². The lowest BCUT2D eigenvalue weighted by Crippen LogP contribution is -2.46. The van der Waals surface area contributed by atoms with Gasteiger partial charge < -0.3 is 10.1 Å². The zero-order chi connectivity index (χ0) is 7.45. The van der Waals surface area contributed by atoms with Gasteiger partial charge in [0, 0.05) is 13.1 Å². The van der Waals surface area contributed by atoms with Crippen molar-refractivity contribution in [1.29, 1.82) is 0 Å². The number of isocyanates is 1. The second-order valence-corrected chi connectivity index (χ2v) is 2.40. The minimum absolute atomic E-state index is 0.586. The Labute approximate surface area is 59.3 Å². The van der Waals surface area contributed by atoms with E-state index in [0.29, 0.717) is 13.2 Å². The van der Waals surface area contributed by atoms with Gasteiger partial charge in [-0.25, -0.2) is 4.79 Å². The number of rotatable bonds is 1. The molecule has 56 valence electrons. The Kier molecular flexibility index (Phi) is 2.17. The lowest BCUT2D eigenvalue weighted by Gasteiger charge is -2.28. The Morgan fingerprint density at radius 3 is 3.10 bits per heavy atom. The fraction of sp³-hybridized carbons (Fsp3) is 0.833. The molecule has 1 atom stereocenters. The zero-order valence-electron chi connectivity index (χ0n) is 5.89. The number of hydrogen-bond acceptors (Lipinski definition) is 4. The average Bonchev–Trinajstić information content (AvgIpc) is 1.89. The third kappa shape index (κ3) is 1.64. The van der Waals surface area contributed by atoms with Crippen molar-refractivity contribution in [2.75, 3.05) is 19.7 Å². The first-order chi connectivity index (χ1) is 4.77. The SMILES string of the molecule is CC1(N=C=O)CNCCO1. The number of aliphatic imine (C=N–C) groups is 1. The average molecular weight is 142 g/mol. The molecular formula is C6H10N2O2. The van der Waals surface area contributed by atoms with Gasteiger partial charge in [0.2, 0.25) is 6.08 Å². The van der Waals surface area contributed by atoms with Crippen molar-refractivity contribution in [3.05, 3.63) is 0 Å². The molecule has 0 saturated carbocycles. The smallest absolute Gasteiger partial charge is 0.238 e. The van der Waals surface area contributed by atoms with Crippen LogP contribution >= 0.6 is 0 Å². The zero-order valence-corrected chi connectivity index (χ0v) is 5.89. The van der Waals surface area contributed by atoms with Crippen LogP contribution < -0.4 is 5.32 Å². The lowest BCUT2D eigenvalue weighted by atomic mass is 10.2. The maximum atomic E-state index is 9.88. The Balaban J connectivity index is 2.56. The molecule has 1 aliphatic rings. The molecule has 0 aromatic rings. The van der Waals surface area contributed by atoms with E-state index < -0.39 is 5.72 Å². The Bertz CT molecular complexity index is 157. The molecule has 1 unspecified atom stereocenters. The molecule has 0 aliphatic carbocycles. The van der Waals surface area contributed by atoms with E-state index in [1.807, 2.05) is 0 Å². The number of nitrogens with one attached hydrogen (secondary N) is 1. The molecular weight excluding hydrogens is 132 g/mol. The largest absolute Gasteiger partial charge is 0.351 e. The first-order valence-corrected chi connectivity index (χ1v) is 3.20. The monoisotopic (exact) mass is 142 g/mol. The Morgan fingerprint density at radius 1 is 1.80 bits per heavy atom. The molecule has 1 fully saturated rings. The van der Waals surface area contributed by atoms with E-state index in [4.69, 9.17) is 4.74 Å². The third-order valence-electron chi connectivity index (χ3n) is 1.43. The highest BCUT2D eigenvalue weighted by Gasteiger charge is 2.26. The Hall–Kier alpha value is -0.700. The molecule has 10 heavy (non-hydrogen) atoms. The topological polar surface area (TPSA) is 50.7 Å². The quantitative estimate of drug-likeness (QED) is 0.402. The molecule has 1 rings (SSSR count). The molecule has 1 aliphatic heterocycles. The summed E-state index contributed by atoms with van der Waals surface area (Å²) in [5.41, 5.74) is -0.681. The number of hydrogen-bond donors (Lipinski definition) is 1. The van der Waals surface area contributed by atoms with Crippen molar-refractivity contribution in [2.24, 2.45) is 4.99 Å². The van der Waals surface area contributed by atoms with E-state index in [9.17, 15) is 4.79 Å². The van der Waals surface area contributed by atoms with Crippen LogP contribution in [0.25, 0.3) is 0 Å². The molecule has 0 radical (unpaired) electrons. The second kappa shape index (κ2) is 2.92. The first-order valence-electron chi connectivity index (χ1n) is 3.20. The van der Waals surface area contributed by atoms with Gasteiger partial charge in [0.15, 0.2) is 5.72 Å². The minimum Gasteiger partial charge on any atom is -0.351 e. The molecule has 0 amide bonds. The van der Waals surface area contributed by atoms with Crippen LogP contribution in [0.1, 0.15) is 6.92 Å². The normalized spacial score (nSPS) is 32.9. The van der Waals surface area contributed by atoms with Crippen LogP contribution in [0.4, 0.5) is 0 Å². The molecule has 1 saturated heterocycles. The van der Waals surface area contributed by atoms with Gasteiger partial charge in [-0.1, -0.05) is 0 Å². The molecule has 4 nitrogen and oxygen atoms in total. The first kappa shape index (κ1) is 7.41. The van der Waals surface area contributed by atoms with Gasteiger partial charge in [0.1, 0.15) is 0 Å². The maximum absolute atomic E-state index is 9.88. The number of ether oxygens (including phenoxy) is 1. The van der Waals surface area contributed by atoms with E-state index in [2.05, 4.69) is 10.3 Å².